The van der Waals surface area contributed by atoms with E-state index < -0.39 is 0 Å². The Labute approximate surface area is 128 Å². The first-order valence-electron chi connectivity index (χ1n) is 7.04. The van der Waals surface area contributed by atoms with Gasteiger partial charge in [0.05, 0.1) is 0 Å². The molecule has 1 aliphatic rings. The molecular formula is C19H15NS. The van der Waals surface area contributed by atoms with Crippen LogP contribution in [-0.4, -0.2) is 0 Å². The summed E-state index contributed by atoms with van der Waals surface area (Å²) in [5, 5.41) is 0. The van der Waals surface area contributed by atoms with Crippen molar-refractivity contribution in [3.05, 3.63) is 89.5 Å². The van der Waals surface area contributed by atoms with Gasteiger partial charge in [-0.3, -0.25) is 0 Å². The fourth-order valence-electron chi connectivity index (χ4n) is 2.96. The van der Waals surface area contributed by atoms with Crippen LogP contribution in [0.1, 0.15) is 22.6 Å². The molecule has 0 unspecified atom stereocenters. The lowest BCUT2D eigenvalue weighted by atomic mass is 9.84. The van der Waals surface area contributed by atoms with Crippen molar-refractivity contribution < 1.29 is 0 Å². The number of hydrogen-bond donors (Lipinski definition) is 1. The topological polar surface area (TPSA) is 26.0 Å². The number of nitrogens with two attached hydrogens (primary N) is 1. The average molecular weight is 289 g/mol. The van der Waals surface area contributed by atoms with Crippen molar-refractivity contribution >= 4 is 17.4 Å². The van der Waals surface area contributed by atoms with Crippen LogP contribution in [0.3, 0.4) is 0 Å². The van der Waals surface area contributed by atoms with E-state index in [0.717, 1.165) is 5.69 Å². The van der Waals surface area contributed by atoms with Gasteiger partial charge in [-0.2, -0.15) is 0 Å². The van der Waals surface area contributed by atoms with E-state index >= 15 is 0 Å². The summed E-state index contributed by atoms with van der Waals surface area (Å²) in [5.74, 6) is 0.291. The highest BCUT2D eigenvalue weighted by atomic mass is 32.2. The second kappa shape index (κ2) is 4.97. The minimum absolute atomic E-state index is 0.291. The van der Waals surface area contributed by atoms with Gasteiger partial charge in [0.25, 0.3) is 0 Å². The molecule has 1 nitrogen and oxygen atoms in total. The number of benzene rings is 3. The molecule has 1 heterocycles. The van der Waals surface area contributed by atoms with E-state index in [1.807, 2.05) is 23.9 Å². The summed E-state index contributed by atoms with van der Waals surface area (Å²) in [6.07, 6.45) is 0. The van der Waals surface area contributed by atoms with Gasteiger partial charge in [0.1, 0.15) is 0 Å². The molecule has 102 valence electrons. The standard InChI is InChI=1S/C19H15NS/c20-14-11-9-13(10-12-14)19-15-5-1-3-7-17(15)21-18-8-4-2-6-16(18)19/h1-12,19H,20H2. The Hall–Kier alpha value is -2.19. The third-order valence-corrected chi connectivity index (χ3v) is 5.13. The van der Waals surface area contributed by atoms with E-state index in [1.54, 1.807) is 0 Å². The Morgan fingerprint density at radius 1 is 0.667 bits per heavy atom. The van der Waals surface area contributed by atoms with Gasteiger partial charge in [-0.1, -0.05) is 60.3 Å². The van der Waals surface area contributed by atoms with Crippen molar-refractivity contribution in [3.8, 4) is 0 Å². The van der Waals surface area contributed by atoms with Crippen LogP contribution in [0.4, 0.5) is 5.69 Å². The van der Waals surface area contributed by atoms with Crippen molar-refractivity contribution in [1.29, 1.82) is 0 Å². The van der Waals surface area contributed by atoms with Crippen LogP contribution >= 0.6 is 11.8 Å². The van der Waals surface area contributed by atoms with Crippen LogP contribution < -0.4 is 5.73 Å². The van der Waals surface area contributed by atoms with Gasteiger partial charge in [-0.25, -0.2) is 0 Å². The van der Waals surface area contributed by atoms with Gasteiger partial charge < -0.3 is 5.73 Å². The van der Waals surface area contributed by atoms with Crippen LogP contribution in [0, 0.1) is 0 Å². The second-order valence-corrected chi connectivity index (χ2v) is 6.36. The molecule has 3 aromatic rings. The zero-order valence-corrected chi connectivity index (χ0v) is 12.3. The Kier molecular flexibility index (Phi) is 2.97. The number of fused-ring (bicyclic) bond motifs is 2. The molecule has 1 aliphatic heterocycles. The fourth-order valence-corrected chi connectivity index (χ4v) is 4.10. The van der Waals surface area contributed by atoms with Crippen molar-refractivity contribution in [1.82, 2.24) is 0 Å². The highest BCUT2D eigenvalue weighted by Crippen LogP contribution is 2.48. The van der Waals surface area contributed by atoms with Crippen LogP contribution in [0.25, 0.3) is 0 Å². The smallest absolute Gasteiger partial charge is 0.0362 e. The van der Waals surface area contributed by atoms with Gasteiger partial charge in [0.2, 0.25) is 0 Å². The third-order valence-electron chi connectivity index (χ3n) is 3.95. The third kappa shape index (κ3) is 2.12. The number of rotatable bonds is 1. The first-order valence-corrected chi connectivity index (χ1v) is 7.86. The molecule has 0 amide bonds. The molecule has 0 saturated heterocycles. The summed E-state index contributed by atoms with van der Waals surface area (Å²) in [6.45, 7) is 0. The maximum Gasteiger partial charge on any atom is 0.0362 e. The summed E-state index contributed by atoms with van der Waals surface area (Å²) in [7, 11) is 0. The van der Waals surface area contributed by atoms with E-state index in [2.05, 4.69) is 60.7 Å². The van der Waals surface area contributed by atoms with Crippen LogP contribution in [0.2, 0.25) is 0 Å². The van der Waals surface area contributed by atoms with Crippen LogP contribution in [0.15, 0.2) is 82.6 Å². The predicted octanol–water partition coefficient (Wildman–Crippen LogP) is 4.91. The number of anilines is 1. The van der Waals surface area contributed by atoms with E-state index in [9.17, 15) is 0 Å². The lowest BCUT2D eigenvalue weighted by Crippen LogP contribution is -2.09. The molecule has 0 atom stereocenters. The highest BCUT2D eigenvalue weighted by Gasteiger charge is 2.26. The number of nitrogen functional groups attached to an aromatic ring is 1. The molecule has 0 spiro atoms. The largest absolute Gasteiger partial charge is 0.399 e. The minimum atomic E-state index is 0.291. The quantitative estimate of drug-likeness (QED) is 0.504. The first kappa shape index (κ1) is 12.5. The zero-order chi connectivity index (χ0) is 14.2. The molecule has 3 aromatic carbocycles. The van der Waals surface area contributed by atoms with Gasteiger partial charge in [-0.15, -0.1) is 0 Å². The lowest BCUT2D eigenvalue weighted by molar-refractivity contribution is 0.902. The molecule has 0 saturated carbocycles. The van der Waals surface area contributed by atoms with Gasteiger partial charge in [0, 0.05) is 21.4 Å². The fraction of sp³-hybridized carbons (Fsp3) is 0.0526. The molecule has 4 rings (SSSR count). The summed E-state index contributed by atoms with van der Waals surface area (Å²) in [6, 6.07) is 25.6. The first-order chi connectivity index (χ1) is 10.3. The van der Waals surface area contributed by atoms with E-state index in [4.69, 9.17) is 5.73 Å². The molecule has 0 bridgehead atoms. The molecular weight excluding hydrogens is 274 g/mol. The molecule has 2 N–H and O–H groups in total. The summed E-state index contributed by atoms with van der Waals surface area (Å²) >= 11 is 1.86. The molecule has 0 radical (unpaired) electrons. The lowest BCUT2D eigenvalue weighted by Gasteiger charge is -2.28. The van der Waals surface area contributed by atoms with Gasteiger partial charge in [-0.05, 0) is 41.0 Å². The Balaban J connectivity index is 1.95. The molecule has 2 heteroatoms. The zero-order valence-electron chi connectivity index (χ0n) is 11.5. The maximum absolute atomic E-state index is 5.84. The van der Waals surface area contributed by atoms with Gasteiger partial charge in [0.15, 0.2) is 0 Å². The van der Waals surface area contributed by atoms with E-state index in [-0.39, 0.29) is 0 Å². The Bertz CT molecular complexity index is 747. The molecule has 0 fully saturated rings. The van der Waals surface area contributed by atoms with E-state index in [1.165, 1.54) is 26.5 Å². The normalized spacial score (nSPS) is 13.5. The predicted molar refractivity (Wildman–Crippen MR) is 88.8 cm³/mol. The molecule has 0 aromatic heterocycles. The summed E-state index contributed by atoms with van der Waals surface area (Å²) in [5.41, 5.74) is 10.7. The maximum atomic E-state index is 5.84. The molecule has 21 heavy (non-hydrogen) atoms. The van der Waals surface area contributed by atoms with Crippen molar-refractivity contribution in [2.45, 2.75) is 15.7 Å². The Morgan fingerprint density at radius 2 is 1.19 bits per heavy atom. The molecule has 0 aliphatic carbocycles. The minimum Gasteiger partial charge on any atom is -0.399 e. The monoisotopic (exact) mass is 289 g/mol. The Morgan fingerprint density at radius 3 is 1.76 bits per heavy atom. The SMILES string of the molecule is Nc1ccc(C2c3ccccc3Sc3ccccc32)cc1. The summed E-state index contributed by atoms with van der Waals surface area (Å²) < 4.78 is 0. The summed E-state index contributed by atoms with van der Waals surface area (Å²) in [4.78, 5) is 2.69. The van der Waals surface area contributed by atoms with Crippen molar-refractivity contribution in [3.63, 3.8) is 0 Å². The van der Waals surface area contributed by atoms with E-state index in [0.29, 0.717) is 5.92 Å². The highest BCUT2D eigenvalue weighted by molar-refractivity contribution is 7.99. The van der Waals surface area contributed by atoms with Crippen LogP contribution in [0.5, 0.6) is 0 Å². The average Bonchev–Trinajstić information content (AvgIpc) is 2.53. The van der Waals surface area contributed by atoms with Crippen molar-refractivity contribution in [2.75, 3.05) is 5.73 Å². The second-order valence-electron chi connectivity index (χ2n) is 5.28. The van der Waals surface area contributed by atoms with Crippen molar-refractivity contribution in [2.24, 2.45) is 0 Å². The van der Waals surface area contributed by atoms with Crippen LogP contribution in [-0.2, 0) is 0 Å². The number of hydrogen-bond acceptors (Lipinski definition) is 2. The van der Waals surface area contributed by atoms with Gasteiger partial charge >= 0.3 is 0 Å².